The molecule has 23 heavy (non-hydrogen) atoms. The highest BCUT2D eigenvalue weighted by Gasteiger charge is 2.28. The lowest BCUT2D eigenvalue weighted by Gasteiger charge is -2.36. The molecule has 2 unspecified atom stereocenters. The molecule has 4 heteroatoms. The van der Waals surface area contributed by atoms with Crippen molar-refractivity contribution in [2.45, 2.75) is 18.9 Å². The van der Waals surface area contributed by atoms with E-state index in [1.165, 1.54) is 5.56 Å². The second-order valence-electron chi connectivity index (χ2n) is 6.27. The summed E-state index contributed by atoms with van der Waals surface area (Å²) in [6, 6.07) is 17.3. The molecule has 0 radical (unpaired) electrons. The van der Waals surface area contributed by atoms with Crippen molar-refractivity contribution in [2.75, 3.05) is 13.1 Å². The zero-order valence-electron chi connectivity index (χ0n) is 13.0. The monoisotopic (exact) mass is 328 g/mol. The van der Waals surface area contributed by atoms with E-state index in [4.69, 9.17) is 17.3 Å². The van der Waals surface area contributed by atoms with E-state index in [9.17, 15) is 4.79 Å². The van der Waals surface area contributed by atoms with Crippen LogP contribution in [-0.2, 0) is 6.42 Å². The third-order valence-electron chi connectivity index (χ3n) is 4.29. The van der Waals surface area contributed by atoms with Crippen LogP contribution in [0.25, 0.3) is 0 Å². The van der Waals surface area contributed by atoms with Crippen LogP contribution in [0.15, 0.2) is 54.6 Å². The topological polar surface area (TPSA) is 46.3 Å². The third kappa shape index (κ3) is 4.12. The molecule has 2 atom stereocenters. The van der Waals surface area contributed by atoms with E-state index >= 15 is 0 Å². The minimum Gasteiger partial charge on any atom is -0.337 e. The van der Waals surface area contributed by atoms with Crippen LogP contribution in [0.2, 0.25) is 5.02 Å². The van der Waals surface area contributed by atoms with Crippen LogP contribution < -0.4 is 5.73 Å². The minimum absolute atomic E-state index is 0.0283. The normalized spacial score (nSPS) is 21.2. The van der Waals surface area contributed by atoms with Crippen LogP contribution in [0.3, 0.4) is 0 Å². The molecule has 1 saturated heterocycles. The van der Waals surface area contributed by atoms with Crippen LogP contribution in [0.4, 0.5) is 0 Å². The molecule has 1 amide bonds. The Bertz CT molecular complexity index is 674. The molecule has 0 aliphatic carbocycles. The summed E-state index contributed by atoms with van der Waals surface area (Å²) in [6.45, 7) is 1.37. The van der Waals surface area contributed by atoms with Crippen molar-refractivity contribution >= 4 is 17.5 Å². The van der Waals surface area contributed by atoms with Gasteiger partial charge in [-0.3, -0.25) is 4.79 Å². The minimum atomic E-state index is 0.0283. The van der Waals surface area contributed by atoms with Crippen molar-refractivity contribution in [1.29, 1.82) is 0 Å². The number of nitrogens with two attached hydrogens (primary N) is 1. The number of carbonyl (C=O) groups excluding carboxylic acids is 1. The molecule has 120 valence electrons. The number of benzene rings is 2. The fourth-order valence-corrected chi connectivity index (χ4v) is 3.53. The van der Waals surface area contributed by atoms with Gasteiger partial charge in [0, 0.05) is 29.7 Å². The molecule has 1 aliphatic heterocycles. The highest BCUT2D eigenvalue weighted by molar-refractivity contribution is 6.30. The summed E-state index contributed by atoms with van der Waals surface area (Å²) in [5.41, 5.74) is 8.12. The highest BCUT2D eigenvalue weighted by atomic mass is 35.5. The molecule has 0 spiro atoms. The molecule has 2 aromatic carbocycles. The van der Waals surface area contributed by atoms with Gasteiger partial charge in [-0.2, -0.15) is 0 Å². The maximum atomic E-state index is 12.6. The Morgan fingerprint density at radius 3 is 2.65 bits per heavy atom. The summed E-state index contributed by atoms with van der Waals surface area (Å²) in [5.74, 6) is 0.432. The van der Waals surface area contributed by atoms with E-state index in [1.54, 1.807) is 0 Å². The first kappa shape index (κ1) is 16.0. The van der Waals surface area contributed by atoms with Gasteiger partial charge >= 0.3 is 0 Å². The Kier molecular flexibility index (Phi) is 4.99. The molecular weight excluding hydrogens is 308 g/mol. The predicted octanol–water partition coefficient (Wildman–Crippen LogP) is 3.37. The van der Waals surface area contributed by atoms with Gasteiger partial charge in [0.05, 0.1) is 0 Å². The van der Waals surface area contributed by atoms with Gasteiger partial charge in [0.1, 0.15) is 0 Å². The van der Waals surface area contributed by atoms with E-state index in [0.717, 1.165) is 30.0 Å². The predicted molar refractivity (Wildman–Crippen MR) is 93.6 cm³/mol. The zero-order valence-corrected chi connectivity index (χ0v) is 13.7. The molecule has 3 rings (SSSR count). The standard InChI is InChI=1S/C19H21ClN2O/c20-17-8-4-5-14(10-17)9-15-11-18(21)13-22(12-15)19(23)16-6-2-1-3-7-16/h1-8,10,15,18H,9,11-13,21H2. The molecule has 1 aliphatic rings. The Balaban J connectivity index is 1.70. The second-order valence-corrected chi connectivity index (χ2v) is 6.71. The molecule has 0 aromatic heterocycles. The Labute approximate surface area is 142 Å². The number of halogens is 1. The molecule has 0 saturated carbocycles. The number of hydrogen-bond acceptors (Lipinski definition) is 2. The average molecular weight is 329 g/mol. The van der Waals surface area contributed by atoms with Crippen LogP contribution in [-0.4, -0.2) is 29.9 Å². The maximum absolute atomic E-state index is 12.6. The lowest BCUT2D eigenvalue weighted by Crippen LogP contribution is -2.49. The number of likely N-dealkylation sites (tertiary alicyclic amines) is 1. The quantitative estimate of drug-likeness (QED) is 0.939. The Morgan fingerprint density at radius 1 is 1.13 bits per heavy atom. The second kappa shape index (κ2) is 7.16. The Morgan fingerprint density at radius 2 is 1.91 bits per heavy atom. The van der Waals surface area contributed by atoms with Crippen LogP contribution in [0.5, 0.6) is 0 Å². The summed E-state index contributed by atoms with van der Waals surface area (Å²) in [6.07, 6.45) is 1.83. The molecule has 1 fully saturated rings. The van der Waals surface area contributed by atoms with Gasteiger partial charge in [0.15, 0.2) is 0 Å². The third-order valence-corrected chi connectivity index (χ3v) is 4.53. The van der Waals surface area contributed by atoms with Gasteiger partial charge in [0.25, 0.3) is 5.91 Å². The lowest BCUT2D eigenvalue weighted by atomic mass is 9.88. The first-order valence-electron chi connectivity index (χ1n) is 7.96. The summed E-state index contributed by atoms with van der Waals surface area (Å²) in [4.78, 5) is 14.5. The van der Waals surface area contributed by atoms with E-state index in [2.05, 4.69) is 6.07 Å². The average Bonchev–Trinajstić information content (AvgIpc) is 2.54. The molecule has 2 aromatic rings. The summed E-state index contributed by atoms with van der Waals surface area (Å²) >= 11 is 6.06. The maximum Gasteiger partial charge on any atom is 0.253 e. The van der Waals surface area contributed by atoms with Gasteiger partial charge in [-0.25, -0.2) is 0 Å². The van der Waals surface area contributed by atoms with E-state index in [0.29, 0.717) is 12.5 Å². The van der Waals surface area contributed by atoms with Crippen molar-refractivity contribution in [2.24, 2.45) is 11.7 Å². The number of carbonyl (C=O) groups is 1. The zero-order chi connectivity index (χ0) is 16.2. The first-order valence-corrected chi connectivity index (χ1v) is 8.34. The number of hydrogen-bond donors (Lipinski definition) is 1. The van der Waals surface area contributed by atoms with Crippen molar-refractivity contribution in [3.8, 4) is 0 Å². The fourth-order valence-electron chi connectivity index (χ4n) is 3.32. The molecular formula is C19H21ClN2O. The molecule has 2 N–H and O–H groups in total. The van der Waals surface area contributed by atoms with Crippen LogP contribution in [0, 0.1) is 5.92 Å². The largest absolute Gasteiger partial charge is 0.337 e. The van der Waals surface area contributed by atoms with Gasteiger partial charge < -0.3 is 10.6 Å². The molecule has 3 nitrogen and oxygen atoms in total. The fraction of sp³-hybridized carbons (Fsp3) is 0.316. The SMILES string of the molecule is NC1CC(Cc2cccc(Cl)c2)CN(C(=O)c2ccccc2)C1. The summed E-state index contributed by atoms with van der Waals surface area (Å²) < 4.78 is 0. The summed E-state index contributed by atoms with van der Waals surface area (Å²) in [5, 5.41) is 0.750. The van der Waals surface area contributed by atoms with Crippen LogP contribution in [0.1, 0.15) is 22.3 Å². The van der Waals surface area contributed by atoms with E-state index in [1.807, 2.05) is 53.4 Å². The van der Waals surface area contributed by atoms with Crippen molar-refractivity contribution in [3.05, 3.63) is 70.7 Å². The molecule has 1 heterocycles. The number of nitrogens with zero attached hydrogens (tertiary/aromatic N) is 1. The highest BCUT2D eigenvalue weighted by Crippen LogP contribution is 2.23. The Hall–Kier alpha value is -1.84. The van der Waals surface area contributed by atoms with Crippen molar-refractivity contribution in [3.63, 3.8) is 0 Å². The van der Waals surface area contributed by atoms with Gasteiger partial charge in [-0.1, -0.05) is 41.9 Å². The van der Waals surface area contributed by atoms with Crippen molar-refractivity contribution in [1.82, 2.24) is 4.90 Å². The summed E-state index contributed by atoms with van der Waals surface area (Å²) in [7, 11) is 0. The van der Waals surface area contributed by atoms with Gasteiger partial charge in [-0.15, -0.1) is 0 Å². The first-order chi connectivity index (χ1) is 11.1. The van der Waals surface area contributed by atoms with Crippen LogP contribution >= 0.6 is 11.6 Å². The number of amides is 1. The lowest BCUT2D eigenvalue weighted by molar-refractivity contribution is 0.0649. The van der Waals surface area contributed by atoms with Gasteiger partial charge in [0.2, 0.25) is 0 Å². The van der Waals surface area contributed by atoms with E-state index < -0.39 is 0 Å². The molecule has 0 bridgehead atoms. The number of rotatable bonds is 3. The van der Waals surface area contributed by atoms with Crippen molar-refractivity contribution < 1.29 is 4.79 Å². The smallest absolute Gasteiger partial charge is 0.253 e. The van der Waals surface area contributed by atoms with E-state index in [-0.39, 0.29) is 11.9 Å². The van der Waals surface area contributed by atoms with Gasteiger partial charge in [-0.05, 0) is 48.6 Å². The number of piperidine rings is 1.